The highest BCUT2D eigenvalue weighted by Crippen LogP contribution is 2.21. The zero-order chi connectivity index (χ0) is 20.4. The van der Waals surface area contributed by atoms with Gasteiger partial charge in [-0.3, -0.25) is 14.2 Å². The molecular formula is C20H25N5O3. The molecule has 0 unspecified atom stereocenters. The van der Waals surface area contributed by atoms with Crippen LogP contribution in [0.2, 0.25) is 0 Å². The van der Waals surface area contributed by atoms with Gasteiger partial charge in [-0.1, -0.05) is 44.2 Å². The quantitative estimate of drug-likeness (QED) is 0.695. The molecule has 28 heavy (non-hydrogen) atoms. The molecule has 8 nitrogen and oxygen atoms in total. The zero-order valence-corrected chi connectivity index (χ0v) is 16.5. The van der Waals surface area contributed by atoms with E-state index in [0.717, 1.165) is 16.6 Å². The Morgan fingerprint density at radius 2 is 1.82 bits per heavy atom. The van der Waals surface area contributed by atoms with Crippen molar-refractivity contribution in [3.8, 4) is 0 Å². The van der Waals surface area contributed by atoms with Gasteiger partial charge in [-0.05, 0) is 17.9 Å². The highest BCUT2D eigenvalue weighted by atomic mass is 16.2. The number of fused-ring (bicyclic) bond motifs is 1. The molecule has 2 aromatic heterocycles. The van der Waals surface area contributed by atoms with Crippen LogP contribution in [0.15, 0.2) is 46.2 Å². The van der Waals surface area contributed by atoms with Gasteiger partial charge in [0.25, 0.3) is 5.56 Å². The van der Waals surface area contributed by atoms with E-state index >= 15 is 0 Å². The van der Waals surface area contributed by atoms with E-state index in [-0.39, 0.29) is 24.0 Å². The topological polar surface area (TPSA) is 90.9 Å². The van der Waals surface area contributed by atoms with Gasteiger partial charge < -0.3 is 9.88 Å². The van der Waals surface area contributed by atoms with Gasteiger partial charge in [-0.15, -0.1) is 0 Å². The monoisotopic (exact) mass is 383 g/mol. The fraction of sp³-hybridized carbons (Fsp3) is 0.400. The molecule has 0 aliphatic rings. The fourth-order valence-corrected chi connectivity index (χ4v) is 3.35. The summed E-state index contributed by atoms with van der Waals surface area (Å²) in [6, 6.07) is 9.50. The SMILES string of the molecule is CC(C)C[C@H](NC(=O)Cn1c(=O)c2c(ncn2C)n(C)c1=O)c1ccccc1. The van der Waals surface area contributed by atoms with Gasteiger partial charge in [-0.2, -0.15) is 0 Å². The third kappa shape index (κ3) is 3.76. The van der Waals surface area contributed by atoms with E-state index in [0.29, 0.717) is 11.6 Å². The van der Waals surface area contributed by atoms with Gasteiger partial charge in [0.15, 0.2) is 11.2 Å². The van der Waals surface area contributed by atoms with Crippen LogP contribution in [-0.4, -0.2) is 24.6 Å². The van der Waals surface area contributed by atoms with Gasteiger partial charge >= 0.3 is 5.69 Å². The molecule has 1 aromatic carbocycles. The van der Waals surface area contributed by atoms with Crippen LogP contribution in [-0.2, 0) is 25.4 Å². The largest absolute Gasteiger partial charge is 0.348 e. The van der Waals surface area contributed by atoms with E-state index in [4.69, 9.17) is 0 Å². The molecule has 0 bridgehead atoms. The van der Waals surface area contributed by atoms with Crippen LogP contribution in [0.3, 0.4) is 0 Å². The van der Waals surface area contributed by atoms with E-state index in [1.165, 1.54) is 17.9 Å². The maximum atomic E-state index is 12.8. The number of hydrogen-bond acceptors (Lipinski definition) is 4. The van der Waals surface area contributed by atoms with E-state index < -0.39 is 11.2 Å². The van der Waals surface area contributed by atoms with Crippen LogP contribution < -0.4 is 16.6 Å². The Labute approximate surface area is 162 Å². The Bertz CT molecular complexity index is 1110. The molecule has 2 heterocycles. The number of aromatic nitrogens is 4. The Morgan fingerprint density at radius 1 is 1.14 bits per heavy atom. The van der Waals surface area contributed by atoms with Gasteiger partial charge in [0.1, 0.15) is 6.54 Å². The van der Waals surface area contributed by atoms with Crippen molar-refractivity contribution in [1.29, 1.82) is 0 Å². The minimum absolute atomic E-state index is 0.186. The number of nitrogens with zero attached hydrogens (tertiary/aromatic N) is 4. The summed E-state index contributed by atoms with van der Waals surface area (Å²) in [6.45, 7) is 3.82. The predicted octanol–water partition coefficient (Wildman–Crippen LogP) is 1.34. The summed E-state index contributed by atoms with van der Waals surface area (Å²) in [6.07, 6.45) is 2.23. The normalized spacial score (nSPS) is 12.5. The molecule has 0 radical (unpaired) electrons. The molecule has 0 aliphatic heterocycles. The summed E-state index contributed by atoms with van der Waals surface area (Å²) in [7, 11) is 3.22. The second-order valence-electron chi connectivity index (χ2n) is 7.42. The molecule has 0 fully saturated rings. The van der Waals surface area contributed by atoms with Crippen LogP contribution in [0, 0.1) is 5.92 Å². The number of hydrogen-bond donors (Lipinski definition) is 1. The lowest BCUT2D eigenvalue weighted by Crippen LogP contribution is -2.44. The molecule has 3 rings (SSSR count). The van der Waals surface area contributed by atoms with E-state index in [1.807, 2.05) is 30.3 Å². The highest BCUT2D eigenvalue weighted by molar-refractivity contribution is 5.77. The van der Waals surface area contributed by atoms with E-state index in [9.17, 15) is 14.4 Å². The summed E-state index contributed by atoms with van der Waals surface area (Å²) in [5.74, 6) is -0.0119. The standard InChI is InChI=1S/C20H25N5O3/c1-13(2)10-15(14-8-6-5-7-9-14)22-16(26)11-25-19(27)17-18(21-12-23(17)3)24(4)20(25)28/h5-9,12-13,15H,10-11H2,1-4H3,(H,22,26)/t15-/m0/s1. The summed E-state index contributed by atoms with van der Waals surface area (Å²) < 4.78 is 3.79. The van der Waals surface area contributed by atoms with Gasteiger partial charge in [0.2, 0.25) is 5.91 Å². The minimum Gasteiger partial charge on any atom is -0.348 e. The van der Waals surface area contributed by atoms with Gasteiger partial charge in [0, 0.05) is 14.1 Å². The first-order chi connectivity index (χ1) is 13.3. The third-order valence-electron chi connectivity index (χ3n) is 4.75. The van der Waals surface area contributed by atoms with Crippen LogP contribution in [0.25, 0.3) is 11.2 Å². The first-order valence-corrected chi connectivity index (χ1v) is 9.24. The molecule has 148 valence electrons. The lowest BCUT2D eigenvalue weighted by molar-refractivity contribution is -0.122. The van der Waals surface area contributed by atoms with Crippen molar-refractivity contribution in [2.24, 2.45) is 20.0 Å². The van der Waals surface area contributed by atoms with Crippen molar-refractivity contribution in [1.82, 2.24) is 24.0 Å². The molecular weight excluding hydrogens is 358 g/mol. The van der Waals surface area contributed by atoms with Crippen molar-refractivity contribution >= 4 is 17.1 Å². The number of benzene rings is 1. The van der Waals surface area contributed by atoms with E-state index in [1.54, 1.807) is 11.6 Å². The first kappa shape index (κ1) is 19.6. The van der Waals surface area contributed by atoms with Crippen LogP contribution in [0.5, 0.6) is 0 Å². The number of imidazole rings is 1. The average molecular weight is 383 g/mol. The molecule has 1 atom stereocenters. The molecule has 0 saturated carbocycles. The van der Waals surface area contributed by atoms with Crippen molar-refractivity contribution in [2.75, 3.05) is 0 Å². The molecule has 1 N–H and O–H groups in total. The number of carbonyl (C=O) groups is 1. The lowest BCUT2D eigenvalue weighted by Gasteiger charge is -2.21. The number of rotatable bonds is 6. The smallest absolute Gasteiger partial charge is 0.332 e. The maximum absolute atomic E-state index is 12.8. The fourth-order valence-electron chi connectivity index (χ4n) is 3.35. The number of carbonyl (C=O) groups excluding carboxylic acids is 1. The lowest BCUT2D eigenvalue weighted by atomic mass is 9.97. The minimum atomic E-state index is -0.563. The highest BCUT2D eigenvalue weighted by Gasteiger charge is 2.20. The number of amides is 1. The number of nitrogens with one attached hydrogen (secondary N) is 1. The van der Waals surface area contributed by atoms with Crippen molar-refractivity contribution in [2.45, 2.75) is 32.9 Å². The summed E-state index contributed by atoms with van der Waals surface area (Å²) in [5.41, 5.74) is 0.500. The zero-order valence-electron chi connectivity index (χ0n) is 16.5. The Balaban J connectivity index is 1.91. The van der Waals surface area contributed by atoms with Gasteiger partial charge in [0.05, 0.1) is 12.4 Å². The first-order valence-electron chi connectivity index (χ1n) is 9.24. The van der Waals surface area contributed by atoms with E-state index in [2.05, 4.69) is 24.1 Å². The second-order valence-corrected chi connectivity index (χ2v) is 7.42. The average Bonchev–Trinajstić information content (AvgIpc) is 3.05. The predicted molar refractivity (Wildman–Crippen MR) is 107 cm³/mol. The molecule has 1 amide bonds. The Hall–Kier alpha value is -3.16. The van der Waals surface area contributed by atoms with Crippen molar-refractivity contribution < 1.29 is 4.79 Å². The van der Waals surface area contributed by atoms with Gasteiger partial charge in [-0.25, -0.2) is 14.3 Å². The van der Waals surface area contributed by atoms with Crippen LogP contribution >= 0.6 is 0 Å². The Morgan fingerprint density at radius 3 is 2.46 bits per heavy atom. The summed E-state index contributed by atoms with van der Waals surface area (Å²) >= 11 is 0. The molecule has 3 aromatic rings. The van der Waals surface area contributed by atoms with Crippen molar-refractivity contribution in [3.63, 3.8) is 0 Å². The number of aryl methyl sites for hydroxylation is 2. The molecule has 0 saturated heterocycles. The van der Waals surface area contributed by atoms with Crippen LogP contribution in [0.1, 0.15) is 31.9 Å². The summed E-state index contributed by atoms with van der Waals surface area (Å²) in [4.78, 5) is 42.1. The Kier molecular flexibility index (Phi) is 5.48. The summed E-state index contributed by atoms with van der Waals surface area (Å²) in [5, 5.41) is 2.97. The molecule has 0 spiro atoms. The third-order valence-corrected chi connectivity index (χ3v) is 4.75. The molecule has 0 aliphatic carbocycles. The second kappa shape index (κ2) is 7.84. The maximum Gasteiger partial charge on any atom is 0.332 e. The van der Waals surface area contributed by atoms with Crippen LogP contribution in [0.4, 0.5) is 0 Å². The molecule has 8 heteroatoms. The van der Waals surface area contributed by atoms with Crippen molar-refractivity contribution in [3.05, 3.63) is 63.1 Å².